The maximum absolute atomic E-state index is 12.6. The van der Waals surface area contributed by atoms with Gasteiger partial charge in [0, 0.05) is 11.1 Å². The molecule has 0 atom stereocenters. The summed E-state index contributed by atoms with van der Waals surface area (Å²) in [7, 11) is 0. The molecule has 5 nitrogen and oxygen atoms in total. The van der Waals surface area contributed by atoms with E-state index in [0.29, 0.717) is 22.5 Å². The summed E-state index contributed by atoms with van der Waals surface area (Å²) in [5.74, 6) is -0.104. The van der Waals surface area contributed by atoms with Crippen molar-refractivity contribution in [3.05, 3.63) is 59.7 Å². The molecule has 25 heavy (non-hydrogen) atoms. The molecule has 0 aromatic heterocycles. The normalized spacial score (nSPS) is 11.5. The summed E-state index contributed by atoms with van der Waals surface area (Å²) >= 11 is 0. The summed E-state index contributed by atoms with van der Waals surface area (Å²) in [4.78, 5) is 12.6. The van der Waals surface area contributed by atoms with Crippen LogP contribution in [0.5, 0.6) is 0 Å². The third-order valence-corrected chi connectivity index (χ3v) is 3.89. The van der Waals surface area contributed by atoms with E-state index in [1.165, 1.54) is 5.06 Å². The second-order valence-corrected chi connectivity index (χ2v) is 7.34. The van der Waals surface area contributed by atoms with Crippen LogP contribution in [0.2, 0.25) is 0 Å². The van der Waals surface area contributed by atoms with Gasteiger partial charge in [-0.2, -0.15) is 0 Å². The highest BCUT2D eigenvalue weighted by Gasteiger charge is 2.20. The number of rotatable bonds is 5. The first kappa shape index (κ1) is 19.0. The number of carbonyl (C=O) groups excluding carboxylic acids is 1. The highest BCUT2D eigenvalue weighted by molar-refractivity contribution is 6.09. The van der Waals surface area contributed by atoms with Gasteiger partial charge in [0.1, 0.15) is 0 Å². The van der Waals surface area contributed by atoms with Crippen LogP contribution in [0.4, 0.5) is 11.4 Å². The third-order valence-electron chi connectivity index (χ3n) is 3.89. The van der Waals surface area contributed by atoms with E-state index in [4.69, 9.17) is 0 Å². The molecule has 0 aliphatic rings. The first-order valence-corrected chi connectivity index (χ1v) is 8.33. The zero-order valence-corrected chi connectivity index (χ0v) is 15.4. The molecule has 0 fully saturated rings. The molecule has 0 aliphatic heterocycles. The molecule has 2 aromatic rings. The molecule has 0 saturated carbocycles. The molecule has 0 radical (unpaired) electrons. The minimum Gasteiger partial charge on any atom is -0.289 e. The van der Waals surface area contributed by atoms with Gasteiger partial charge < -0.3 is 0 Å². The monoisotopic (exact) mass is 342 g/mol. The van der Waals surface area contributed by atoms with Crippen LogP contribution in [0.15, 0.2) is 48.5 Å². The molecule has 0 aliphatic carbocycles. The van der Waals surface area contributed by atoms with Gasteiger partial charge in [-0.25, -0.2) is 0 Å². The fourth-order valence-electron chi connectivity index (χ4n) is 2.37. The lowest BCUT2D eigenvalue weighted by Gasteiger charge is -2.31. The summed E-state index contributed by atoms with van der Waals surface area (Å²) in [6.07, 6.45) is 0. The second-order valence-electron chi connectivity index (χ2n) is 7.34. The minimum absolute atomic E-state index is 0.0432. The lowest BCUT2D eigenvalue weighted by Crippen LogP contribution is -2.38. The summed E-state index contributed by atoms with van der Waals surface area (Å²) in [6, 6.07) is 13.6. The number of hydrogen-bond donors (Lipinski definition) is 2. The van der Waals surface area contributed by atoms with Crippen LogP contribution < -0.4 is 10.1 Å². The topological polar surface area (TPSA) is 64.0 Å². The molecule has 0 bridgehead atoms. The van der Waals surface area contributed by atoms with E-state index in [1.807, 2.05) is 34.6 Å². The van der Waals surface area contributed by atoms with Gasteiger partial charge >= 0.3 is 0 Å². The molecule has 134 valence electrons. The Labute approximate surface area is 149 Å². The van der Waals surface area contributed by atoms with E-state index >= 15 is 0 Å². The quantitative estimate of drug-likeness (QED) is 0.618. The number of ketones is 1. The lowest BCUT2D eigenvalue weighted by atomic mass is 10.0. The van der Waals surface area contributed by atoms with E-state index in [-0.39, 0.29) is 11.8 Å². The van der Waals surface area contributed by atoms with E-state index in [9.17, 15) is 15.2 Å². The van der Waals surface area contributed by atoms with Gasteiger partial charge in [0.15, 0.2) is 5.78 Å². The van der Waals surface area contributed by atoms with Gasteiger partial charge in [-0.05, 0) is 83.1 Å². The third kappa shape index (κ3) is 4.38. The Morgan fingerprint density at radius 2 is 1.24 bits per heavy atom. The van der Waals surface area contributed by atoms with Crippen molar-refractivity contribution < 1.29 is 15.2 Å². The fourth-order valence-corrected chi connectivity index (χ4v) is 2.37. The first-order chi connectivity index (χ1) is 11.6. The van der Waals surface area contributed by atoms with Gasteiger partial charge in [-0.3, -0.25) is 25.3 Å². The van der Waals surface area contributed by atoms with Crippen molar-refractivity contribution in [3.8, 4) is 0 Å². The first-order valence-electron chi connectivity index (χ1n) is 8.33. The van der Waals surface area contributed by atoms with Gasteiger partial charge in [0.05, 0.1) is 23.0 Å². The highest BCUT2D eigenvalue weighted by atomic mass is 16.5. The number of benzene rings is 2. The predicted molar refractivity (Wildman–Crippen MR) is 99.7 cm³/mol. The SMILES string of the molecule is CC(C)N(O)c1ccc(C(=O)c2ccc(N(O)C(C)(C)C)cc2)cc1. The van der Waals surface area contributed by atoms with E-state index in [0.717, 1.165) is 5.06 Å². The van der Waals surface area contributed by atoms with Crippen molar-refractivity contribution in [1.29, 1.82) is 0 Å². The Morgan fingerprint density at radius 1 is 0.840 bits per heavy atom. The Bertz CT molecular complexity index is 716. The largest absolute Gasteiger partial charge is 0.289 e. The maximum atomic E-state index is 12.6. The van der Waals surface area contributed by atoms with Crippen molar-refractivity contribution in [2.75, 3.05) is 10.1 Å². The molecule has 5 heteroatoms. The fraction of sp³-hybridized carbons (Fsp3) is 0.350. The smallest absolute Gasteiger partial charge is 0.193 e. The molecule has 0 spiro atoms. The number of nitrogens with zero attached hydrogens (tertiary/aromatic N) is 2. The van der Waals surface area contributed by atoms with Crippen LogP contribution in [0.1, 0.15) is 50.5 Å². The zero-order valence-electron chi connectivity index (χ0n) is 15.4. The van der Waals surface area contributed by atoms with Crippen LogP contribution in [0, 0.1) is 0 Å². The summed E-state index contributed by atoms with van der Waals surface area (Å²) in [5.41, 5.74) is 1.94. The van der Waals surface area contributed by atoms with E-state index < -0.39 is 5.54 Å². The van der Waals surface area contributed by atoms with Crippen molar-refractivity contribution in [2.24, 2.45) is 0 Å². The van der Waals surface area contributed by atoms with E-state index in [2.05, 4.69) is 0 Å². The number of hydroxylamine groups is 2. The molecule has 0 heterocycles. The molecular weight excluding hydrogens is 316 g/mol. The van der Waals surface area contributed by atoms with Gasteiger partial charge in [-0.15, -0.1) is 0 Å². The second kappa shape index (κ2) is 7.25. The number of carbonyl (C=O) groups is 1. The predicted octanol–water partition coefficient (Wildman–Crippen LogP) is 4.52. The van der Waals surface area contributed by atoms with Gasteiger partial charge in [-0.1, -0.05) is 0 Å². The van der Waals surface area contributed by atoms with Crippen molar-refractivity contribution in [2.45, 2.75) is 46.2 Å². The average molecular weight is 342 g/mol. The van der Waals surface area contributed by atoms with Crippen molar-refractivity contribution >= 4 is 17.2 Å². The molecule has 2 N–H and O–H groups in total. The lowest BCUT2D eigenvalue weighted by molar-refractivity contribution is 0.103. The summed E-state index contributed by atoms with van der Waals surface area (Å²) < 4.78 is 0. The van der Waals surface area contributed by atoms with E-state index in [1.54, 1.807) is 48.5 Å². The Kier molecular flexibility index (Phi) is 5.50. The molecule has 0 unspecified atom stereocenters. The zero-order chi connectivity index (χ0) is 18.8. The Hall–Kier alpha value is -2.37. The molecule has 0 amide bonds. The average Bonchev–Trinajstić information content (AvgIpc) is 2.59. The molecular formula is C20H26N2O3. The maximum Gasteiger partial charge on any atom is 0.193 e. The molecule has 2 rings (SSSR count). The molecule has 0 saturated heterocycles. The molecule has 2 aromatic carbocycles. The minimum atomic E-state index is -0.423. The standard InChI is InChI=1S/C20H26N2O3/c1-14(2)21(24)17-10-6-15(7-11-17)19(23)16-8-12-18(13-9-16)22(25)20(3,4)5/h6-14,24-25H,1-5H3. The summed E-state index contributed by atoms with van der Waals surface area (Å²) in [5, 5.41) is 22.4. The van der Waals surface area contributed by atoms with Gasteiger partial charge in [0.2, 0.25) is 0 Å². The number of anilines is 2. The van der Waals surface area contributed by atoms with Crippen molar-refractivity contribution in [3.63, 3.8) is 0 Å². The Balaban J connectivity index is 2.18. The van der Waals surface area contributed by atoms with Crippen LogP contribution in [0.25, 0.3) is 0 Å². The van der Waals surface area contributed by atoms with Gasteiger partial charge in [0.25, 0.3) is 0 Å². The van der Waals surface area contributed by atoms with Crippen LogP contribution in [-0.4, -0.2) is 27.8 Å². The highest BCUT2D eigenvalue weighted by Crippen LogP contribution is 2.23. The van der Waals surface area contributed by atoms with Crippen LogP contribution >= 0.6 is 0 Å². The van der Waals surface area contributed by atoms with Crippen molar-refractivity contribution in [1.82, 2.24) is 0 Å². The summed E-state index contributed by atoms with van der Waals surface area (Å²) in [6.45, 7) is 9.45. The van der Waals surface area contributed by atoms with Crippen LogP contribution in [0.3, 0.4) is 0 Å². The number of hydrogen-bond acceptors (Lipinski definition) is 5. The van der Waals surface area contributed by atoms with Crippen LogP contribution in [-0.2, 0) is 0 Å². The Morgan fingerprint density at radius 3 is 1.60 bits per heavy atom.